The maximum Gasteiger partial charge on any atom is 0.143 e. The van der Waals surface area contributed by atoms with Gasteiger partial charge in [-0.15, -0.1) is 0 Å². The molecule has 0 bridgehead atoms. The second-order valence-electron chi connectivity index (χ2n) is 6.02. The van der Waals surface area contributed by atoms with Crippen molar-refractivity contribution in [3.8, 4) is 5.75 Å². The summed E-state index contributed by atoms with van der Waals surface area (Å²) in [5, 5.41) is 6.35. The maximum atomic E-state index is 13.7. The Balaban J connectivity index is 1.71. The van der Waals surface area contributed by atoms with Gasteiger partial charge in [0.25, 0.3) is 0 Å². The van der Waals surface area contributed by atoms with Crippen molar-refractivity contribution in [3.63, 3.8) is 0 Å². The first kappa shape index (κ1) is 17.7. The zero-order chi connectivity index (χ0) is 18.4. The Bertz CT molecular complexity index is 870. The molecule has 0 aliphatic rings. The second kappa shape index (κ2) is 8.29. The molecule has 0 saturated carbocycles. The highest BCUT2D eigenvalue weighted by Crippen LogP contribution is 2.28. The van der Waals surface area contributed by atoms with Gasteiger partial charge < -0.3 is 15.4 Å². The number of nitrogens with one attached hydrogen (secondary N) is 2. The Morgan fingerprint density at radius 3 is 2.54 bits per heavy atom. The molecule has 3 aromatic rings. The highest BCUT2D eigenvalue weighted by Gasteiger charge is 2.07. The molecule has 0 fully saturated rings. The van der Waals surface area contributed by atoms with E-state index in [0.717, 1.165) is 11.4 Å². The third-order valence-electron chi connectivity index (χ3n) is 3.60. The minimum Gasteiger partial charge on any atom is -0.489 e. The molecule has 26 heavy (non-hydrogen) atoms. The summed E-state index contributed by atoms with van der Waals surface area (Å²) in [6.45, 7) is 4.30. The minimum atomic E-state index is -0.243. The summed E-state index contributed by atoms with van der Waals surface area (Å²) in [5.74, 6) is 1.73. The first-order valence-corrected chi connectivity index (χ1v) is 8.44. The van der Waals surface area contributed by atoms with Crippen molar-refractivity contribution in [1.29, 1.82) is 0 Å². The van der Waals surface area contributed by atoms with Crippen LogP contribution in [0.25, 0.3) is 0 Å². The summed E-state index contributed by atoms with van der Waals surface area (Å²) in [7, 11) is 0. The Kier molecular flexibility index (Phi) is 5.63. The van der Waals surface area contributed by atoms with Gasteiger partial charge in [0.1, 0.15) is 29.5 Å². The van der Waals surface area contributed by atoms with Gasteiger partial charge in [0.15, 0.2) is 0 Å². The van der Waals surface area contributed by atoms with Crippen molar-refractivity contribution in [1.82, 2.24) is 9.97 Å². The fourth-order valence-corrected chi connectivity index (χ4v) is 2.41. The Labute approximate surface area is 152 Å². The number of halogens is 1. The number of hydrogen-bond donors (Lipinski definition) is 2. The van der Waals surface area contributed by atoms with Crippen LogP contribution in [0.5, 0.6) is 5.75 Å². The molecule has 0 spiro atoms. The van der Waals surface area contributed by atoms with Gasteiger partial charge in [-0.05, 0) is 32.0 Å². The van der Waals surface area contributed by atoms with Crippen LogP contribution >= 0.6 is 0 Å². The molecule has 134 valence electrons. The van der Waals surface area contributed by atoms with Crippen LogP contribution in [0.1, 0.15) is 19.4 Å². The number of rotatable bonds is 7. The van der Waals surface area contributed by atoms with Crippen LogP contribution in [-0.4, -0.2) is 16.1 Å². The van der Waals surface area contributed by atoms with Crippen LogP contribution in [0.3, 0.4) is 0 Å². The summed E-state index contributed by atoms with van der Waals surface area (Å²) in [6.07, 6.45) is 1.53. The van der Waals surface area contributed by atoms with Gasteiger partial charge in [-0.1, -0.05) is 30.3 Å². The molecule has 0 radical (unpaired) electrons. The van der Waals surface area contributed by atoms with Crippen molar-refractivity contribution in [2.45, 2.75) is 26.5 Å². The first-order chi connectivity index (χ1) is 12.6. The van der Waals surface area contributed by atoms with Gasteiger partial charge in [-0.25, -0.2) is 14.4 Å². The predicted octanol–water partition coefficient (Wildman–Crippen LogP) is 4.76. The van der Waals surface area contributed by atoms with E-state index < -0.39 is 0 Å². The molecule has 1 heterocycles. The molecule has 2 N–H and O–H groups in total. The van der Waals surface area contributed by atoms with Crippen LogP contribution in [0, 0.1) is 5.82 Å². The molecule has 0 amide bonds. The fraction of sp³-hybridized carbons (Fsp3) is 0.200. The lowest BCUT2D eigenvalue weighted by Crippen LogP contribution is -2.08. The van der Waals surface area contributed by atoms with Crippen molar-refractivity contribution in [2.75, 3.05) is 10.6 Å². The Hall–Kier alpha value is -3.15. The number of nitrogens with zero attached hydrogens (tertiary/aromatic N) is 2. The van der Waals surface area contributed by atoms with E-state index in [1.807, 2.05) is 38.1 Å². The monoisotopic (exact) mass is 352 g/mol. The fourth-order valence-electron chi connectivity index (χ4n) is 2.41. The third-order valence-corrected chi connectivity index (χ3v) is 3.60. The van der Waals surface area contributed by atoms with E-state index in [4.69, 9.17) is 4.74 Å². The molecule has 0 aliphatic carbocycles. The highest BCUT2D eigenvalue weighted by atomic mass is 19.1. The van der Waals surface area contributed by atoms with Gasteiger partial charge in [-0.2, -0.15) is 0 Å². The van der Waals surface area contributed by atoms with E-state index in [0.29, 0.717) is 23.7 Å². The second-order valence-corrected chi connectivity index (χ2v) is 6.02. The molecule has 3 rings (SSSR count). The minimum absolute atomic E-state index is 0.0707. The smallest absolute Gasteiger partial charge is 0.143 e. The van der Waals surface area contributed by atoms with Crippen molar-refractivity contribution >= 4 is 17.3 Å². The van der Waals surface area contributed by atoms with E-state index in [1.165, 1.54) is 12.4 Å². The summed E-state index contributed by atoms with van der Waals surface area (Å²) in [6, 6.07) is 16.1. The molecule has 0 atom stereocenters. The maximum absolute atomic E-state index is 13.7. The van der Waals surface area contributed by atoms with Crippen LogP contribution in [0.2, 0.25) is 0 Å². The first-order valence-electron chi connectivity index (χ1n) is 8.44. The summed E-state index contributed by atoms with van der Waals surface area (Å²) in [5.41, 5.74) is 1.40. The zero-order valence-corrected chi connectivity index (χ0v) is 14.7. The molecule has 0 saturated heterocycles. The topological polar surface area (TPSA) is 59.1 Å². The van der Waals surface area contributed by atoms with Gasteiger partial charge in [-0.3, -0.25) is 0 Å². The van der Waals surface area contributed by atoms with E-state index in [-0.39, 0.29) is 11.9 Å². The number of hydrogen-bond acceptors (Lipinski definition) is 5. The van der Waals surface area contributed by atoms with E-state index in [2.05, 4.69) is 20.6 Å². The molecule has 2 aromatic carbocycles. The molecule has 0 unspecified atom stereocenters. The van der Waals surface area contributed by atoms with Gasteiger partial charge in [0.2, 0.25) is 0 Å². The predicted molar refractivity (Wildman–Crippen MR) is 101 cm³/mol. The molecule has 5 nitrogen and oxygen atoms in total. The lowest BCUT2D eigenvalue weighted by molar-refractivity contribution is 0.244. The number of para-hydroxylation sites is 2. The normalized spacial score (nSPS) is 10.6. The highest BCUT2D eigenvalue weighted by molar-refractivity contribution is 5.65. The van der Waals surface area contributed by atoms with Crippen molar-refractivity contribution < 1.29 is 9.13 Å². The molecule has 1 aromatic heterocycles. The average molecular weight is 352 g/mol. The van der Waals surface area contributed by atoms with Crippen LogP contribution in [-0.2, 0) is 6.54 Å². The SMILES string of the molecule is CC(C)Oc1ccccc1Nc1cc(NCc2ccccc2F)ncn1. The van der Waals surface area contributed by atoms with E-state index >= 15 is 0 Å². The van der Waals surface area contributed by atoms with Crippen LogP contribution in [0.15, 0.2) is 60.9 Å². The van der Waals surface area contributed by atoms with Gasteiger partial charge >= 0.3 is 0 Å². The number of aromatic nitrogens is 2. The number of anilines is 3. The van der Waals surface area contributed by atoms with Crippen LogP contribution < -0.4 is 15.4 Å². The lowest BCUT2D eigenvalue weighted by atomic mass is 10.2. The van der Waals surface area contributed by atoms with E-state index in [1.54, 1.807) is 24.3 Å². The van der Waals surface area contributed by atoms with Gasteiger partial charge in [0.05, 0.1) is 11.8 Å². The molecular weight excluding hydrogens is 331 g/mol. The molecule has 0 aliphatic heterocycles. The van der Waals surface area contributed by atoms with Crippen LogP contribution in [0.4, 0.5) is 21.7 Å². The number of ether oxygens (including phenoxy) is 1. The third kappa shape index (κ3) is 4.69. The zero-order valence-electron chi connectivity index (χ0n) is 14.7. The van der Waals surface area contributed by atoms with E-state index in [9.17, 15) is 4.39 Å². The lowest BCUT2D eigenvalue weighted by Gasteiger charge is -2.15. The average Bonchev–Trinajstić information content (AvgIpc) is 2.63. The van der Waals surface area contributed by atoms with Crippen molar-refractivity contribution in [3.05, 3.63) is 72.3 Å². The standard InChI is InChI=1S/C20H21FN4O/c1-14(2)26-18-10-6-5-9-17(18)25-20-11-19(23-13-24-20)22-12-15-7-3-4-8-16(15)21/h3-11,13-14H,12H2,1-2H3,(H2,22,23,24,25). The Morgan fingerprint density at radius 1 is 1.00 bits per heavy atom. The summed E-state index contributed by atoms with van der Waals surface area (Å²) < 4.78 is 19.5. The van der Waals surface area contributed by atoms with Crippen molar-refractivity contribution in [2.24, 2.45) is 0 Å². The largest absolute Gasteiger partial charge is 0.489 e. The van der Waals surface area contributed by atoms with Gasteiger partial charge in [0, 0.05) is 18.2 Å². The summed E-state index contributed by atoms with van der Waals surface area (Å²) in [4.78, 5) is 8.42. The number of benzene rings is 2. The quantitative estimate of drug-likeness (QED) is 0.642. The molecular formula is C20H21FN4O. The molecule has 6 heteroatoms. The Morgan fingerprint density at radius 2 is 1.73 bits per heavy atom. The summed E-state index contributed by atoms with van der Waals surface area (Å²) >= 11 is 0.